The number of ether oxygens (including phenoxy) is 2. The molecule has 0 amide bonds. The molecule has 3 rings (SSSR count). The van der Waals surface area contributed by atoms with Gasteiger partial charge in [-0.25, -0.2) is 9.07 Å². The molecule has 24 heavy (non-hydrogen) atoms. The lowest BCUT2D eigenvalue weighted by molar-refractivity contribution is 0.0981. The van der Waals surface area contributed by atoms with Gasteiger partial charge < -0.3 is 9.47 Å². The number of hydrogen-bond acceptors (Lipinski definition) is 5. The Kier molecular flexibility index (Phi) is 4.40. The fraction of sp³-hybridized carbons (Fsp3) is 0.235. The van der Waals surface area contributed by atoms with Crippen LogP contribution < -0.4 is 9.47 Å². The molecule has 124 valence electrons. The van der Waals surface area contributed by atoms with Crippen molar-refractivity contribution in [2.45, 2.75) is 13.3 Å². The highest BCUT2D eigenvalue weighted by molar-refractivity contribution is 6.21. The second-order valence-electron chi connectivity index (χ2n) is 5.26. The van der Waals surface area contributed by atoms with Crippen molar-refractivity contribution >= 4 is 28.6 Å². The first-order valence-corrected chi connectivity index (χ1v) is 7.63. The maximum absolute atomic E-state index is 12.6. The summed E-state index contributed by atoms with van der Waals surface area (Å²) in [5.41, 5.74) is 2.71. The molecule has 2 aromatic heterocycles. The van der Waals surface area contributed by atoms with Gasteiger partial charge in [-0.3, -0.25) is 9.78 Å². The van der Waals surface area contributed by atoms with Crippen molar-refractivity contribution in [1.82, 2.24) is 14.1 Å². The zero-order chi connectivity index (χ0) is 17.3. The van der Waals surface area contributed by atoms with E-state index >= 15 is 0 Å². The van der Waals surface area contributed by atoms with Gasteiger partial charge in [0.15, 0.2) is 5.82 Å². The first kappa shape index (κ1) is 16.3. The van der Waals surface area contributed by atoms with E-state index in [1.807, 2.05) is 6.92 Å². The molecular weight excluding hydrogens is 330 g/mol. The Morgan fingerprint density at radius 1 is 1.25 bits per heavy atom. The number of rotatable bonds is 5. The van der Waals surface area contributed by atoms with Crippen LogP contribution in [0.1, 0.15) is 21.9 Å². The molecule has 6 nitrogen and oxygen atoms in total. The molecule has 0 atom stereocenters. The first-order valence-electron chi connectivity index (χ1n) is 7.29. The first-order chi connectivity index (χ1) is 11.5. The number of Topliss-reactive ketones (excluding diaryl/α,β-unsaturated/α-hetero) is 1. The van der Waals surface area contributed by atoms with Gasteiger partial charge in [0.25, 0.3) is 0 Å². The maximum Gasteiger partial charge on any atom is 0.205 e. The molecule has 0 aliphatic rings. The van der Waals surface area contributed by atoms with Gasteiger partial charge in [-0.15, -0.1) is 0 Å². The van der Waals surface area contributed by atoms with Gasteiger partial charge in [0, 0.05) is 29.6 Å². The number of aromatic nitrogens is 3. The number of carbonyl (C=O) groups excluding carboxylic acids is 1. The number of nitrogens with zero attached hydrogens (tertiary/aromatic N) is 3. The van der Waals surface area contributed by atoms with Crippen LogP contribution >= 0.6 is 11.8 Å². The van der Waals surface area contributed by atoms with Crippen LogP contribution in [0.3, 0.4) is 0 Å². The SMILES string of the molecule is COc1ccc2c(c1)nc(C(=O)Cc1nccc(OC)c1C)n2Cl. The Balaban J connectivity index is 1.96. The molecule has 0 radical (unpaired) electrons. The topological polar surface area (TPSA) is 66.2 Å². The number of fused-ring (bicyclic) bond motifs is 1. The highest BCUT2D eigenvalue weighted by Crippen LogP contribution is 2.24. The average molecular weight is 346 g/mol. The van der Waals surface area contributed by atoms with Crippen molar-refractivity contribution in [3.8, 4) is 11.5 Å². The van der Waals surface area contributed by atoms with Gasteiger partial charge in [0.1, 0.15) is 11.5 Å². The van der Waals surface area contributed by atoms with E-state index in [2.05, 4.69) is 9.97 Å². The summed E-state index contributed by atoms with van der Waals surface area (Å²) in [6.45, 7) is 1.86. The number of ketones is 1. The molecule has 0 unspecified atom stereocenters. The third kappa shape index (κ3) is 2.80. The molecule has 0 spiro atoms. The van der Waals surface area contributed by atoms with Gasteiger partial charge in [-0.2, -0.15) is 0 Å². The van der Waals surface area contributed by atoms with Crippen LogP contribution in [0.5, 0.6) is 11.5 Å². The van der Waals surface area contributed by atoms with Crippen LogP contribution in [0.15, 0.2) is 30.5 Å². The quantitative estimate of drug-likeness (QED) is 0.664. The fourth-order valence-electron chi connectivity index (χ4n) is 2.52. The van der Waals surface area contributed by atoms with Gasteiger partial charge in [0.2, 0.25) is 5.78 Å². The second kappa shape index (κ2) is 6.49. The molecule has 7 heteroatoms. The zero-order valence-corrected chi connectivity index (χ0v) is 14.3. The van der Waals surface area contributed by atoms with Crippen molar-refractivity contribution in [3.05, 3.63) is 47.5 Å². The van der Waals surface area contributed by atoms with Crippen LogP contribution in [0, 0.1) is 6.92 Å². The number of carbonyl (C=O) groups is 1. The molecule has 2 heterocycles. The van der Waals surface area contributed by atoms with Crippen LogP contribution in [-0.2, 0) is 6.42 Å². The van der Waals surface area contributed by atoms with Crippen molar-refractivity contribution in [2.75, 3.05) is 14.2 Å². The smallest absolute Gasteiger partial charge is 0.205 e. The fourth-order valence-corrected chi connectivity index (χ4v) is 2.79. The summed E-state index contributed by atoms with van der Waals surface area (Å²) < 4.78 is 11.7. The lowest BCUT2D eigenvalue weighted by Crippen LogP contribution is -2.11. The van der Waals surface area contributed by atoms with Gasteiger partial charge in [0.05, 0.1) is 37.4 Å². The molecule has 1 aromatic carbocycles. The van der Waals surface area contributed by atoms with Crippen LogP contribution in [-0.4, -0.2) is 34.1 Å². The molecule has 0 saturated heterocycles. The normalized spacial score (nSPS) is 10.8. The molecule has 3 aromatic rings. The van der Waals surface area contributed by atoms with Crippen molar-refractivity contribution < 1.29 is 14.3 Å². The minimum Gasteiger partial charge on any atom is -0.497 e. The number of pyridine rings is 1. The highest BCUT2D eigenvalue weighted by Gasteiger charge is 2.19. The number of benzene rings is 1. The van der Waals surface area contributed by atoms with E-state index in [0.29, 0.717) is 28.2 Å². The van der Waals surface area contributed by atoms with E-state index in [1.54, 1.807) is 44.7 Å². The lowest BCUT2D eigenvalue weighted by Gasteiger charge is -2.08. The van der Waals surface area contributed by atoms with Crippen LogP contribution in [0.2, 0.25) is 0 Å². The number of halogens is 1. The summed E-state index contributed by atoms with van der Waals surface area (Å²) in [6, 6.07) is 7.03. The average Bonchev–Trinajstić information content (AvgIpc) is 2.93. The van der Waals surface area contributed by atoms with Gasteiger partial charge in [-0.1, -0.05) is 0 Å². The van der Waals surface area contributed by atoms with E-state index in [9.17, 15) is 4.79 Å². The standard InChI is InChI=1S/C17H16ClN3O3/c1-10-12(19-7-6-16(10)24-3)9-15(22)17-20-13-8-11(23-2)4-5-14(13)21(17)18/h4-8H,9H2,1-3H3. The Labute approximate surface area is 144 Å². The molecule has 0 N–H and O–H groups in total. The lowest BCUT2D eigenvalue weighted by atomic mass is 10.1. The molecule has 0 aliphatic carbocycles. The monoisotopic (exact) mass is 345 g/mol. The maximum atomic E-state index is 12.6. The predicted octanol–water partition coefficient (Wildman–Crippen LogP) is 3.18. The minimum atomic E-state index is -0.219. The Morgan fingerprint density at radius 2 is 2.04 bits per heavy atom. The summed E-state index contributed by atoms with van der Waals surface area (Å²) in [6.07, 6.45) is 1.71. The van der Waals surface area contributed by atoms with E-state index in [-0.39, 0.29) is 18.0 Å². The van der Waals surface area contributed by atoms with E-state index in [4.69, 9.17) is 21.3 Å². The summed E-state index contributed by atoms with van der Waals surface area (Å²) in [5.74, 6) is 1.30. The summed E-state index contributed by atoms with van der Waals surface area (Å²) >= 11 is 6.26. The number of methoxy groups -OCH3 is 2. The Bertz CT molecular complexity index is 921. The number of hydrogen-bond donors (Lipinski definition) is 0. The predicted molar refractivity (Wildman–Crippen MR) is 91.1 cm³/mol. The second-order valence-corrected chi connectivity index (χ2v) is 5.59. The minimum absolute atomic E-state index is 0.0935. The summed E-state index contributed by atoms with van der Waals surface area (Å²) in [7, 11) is 3.15. The Morgan fingerprint density at radius 3 is 2.75 bits per heavy atom. The molecule has 0 fully saturated rings. The van der Waals surface area contributed by atoms with Crippen molar-refractivity contribution in [2.24, 2.45) is 0 Å². The van der Waals surface area contributed by atoms with Crippen LogP contribution in [0.4, 0.5) is 0 Å². The Hall–Kier alpha value is -2.60. The number of imidazole rings is 1. The van der Waals surface area contributed by atoms with Gasteiger partial charge in [-0.05, 0) is 25.1 Å². The van der Waals surface area contributed by atoms with E-state index in [1.165, 1.54) is 4.09 Å². The molecular formula is C17H16ClN3O3. The molecule has 0 aliphatic heterocycles. The van der Waals surface area contributed by atoms with Crippen molar-refractivity contribution in [1.29, 1.82) is 0 Å². The van der Waals surface area contributed by atoms with Gasteiger partial charge >= 0.3 is 0 Å². The highest BCUT2D eigenvalue weighted by atomic mass is 35.5. The zero-order valence-electron chi connectivity index (χ0n) is 13.5. The third-order valence-electron chi connectivity index (χ3n) is 3.86. The largest absolute Gasteiger partial charge is 0.497 e. The van der Waals surface area contributed by atoms with Crippen molar-refractivity contribution in [3.63, 3.8) is 0 Å². The third-order valence-corrected chi connectivity index (χ3v) is 4.20. The van der Waals surface area contributed by atoms with Crippen LogP contribution in [0.25, 0.3) is 11.0 Å². The summed E-state index contributed by atoms with van der Waals surface area (Å²) in [5, 5.41) is 0. The van der Waals surface area contributed by atoms with E-state index in [0.717, 1.165) is 5.56 Å². The summed E-state index contributed by atoms with van der Waals surface area (Å²) in [4.78, 5) is 21.2. The molecule has 0 bridgehead atoms. The van der Waals surface area contributed by atoms with E-state index < -0.39 is 0 Å². The molecule has 0 saturated carbocycles.